The first-order chi connectivity index (χ1) is 15.4. The first-order valence-electron chi connectivity index (χ1n) is 10.6. The molecule has 168 valence electrons. The van der Waals surface area contributed by atoms with E-state index in [-0.39, 0.29) is 17.4 Å². The second kappa shape index (κ2) is 9.92. The minimum Gasteiger partial charge on any atom is -0.414 e. The summed E-state index contributed by atoms with van der Waals surface area (Å²) in [6, 6.07) is 9.78. The quantitative estimate of drug-likeness (QED) is 0.337. The number of aromatic nitrogens is 3. The van der Waals surface area contributed by atoms with Crippen molar-refractivity contribution in [3.8, 4) is 0 Å². The number of halogens is 1. The second-order valence-electron chi connectivity index (χ2n) is 7.91. The number of rotatable bonds is 9. The van der Waals surface area contributed by atoms with Gasteiger partial charge in [0.15, 0.2) is 5.78 Å². The van der Waals surface area contributed by atoms with Crippen molar-refractivity contribution in [1.82, 2.24) is 19.7 Å². The lowest BCUT2D eigenvalue weighted by Gasteiger charge is -2.11. The third kappa shape index (κ3) is 5.24. The number of carbonyl (C=O) groups is 2. The van der Waals surface area contributed by atoms with Crippen LogP contribution in [0.4, 0.5) is 0 Å². The van der Waals surface area contributed by atoms with E-state index < -0.39 is 0 Å². The first-order valence-corrected chi connectivity index (χ1v) is 11.9. The van der Waals surface area contributed by atoms with E-state index >= 15 is 0 Å². The number of amides is 1. The van der Waals surface area contributed by atoms with Gasteiger partial charge in [0.2, 0.25) is 11.8 Å². The number of carbonyl (C=O) groups excluding carboxylic acids is 2. The van der Waals surface area contributed by atoms with Gasteiger partial charge in [-0.1, -0.05) is 35.5 Å². The van der Waals surface area contributed by atoms with Crippen LogP contribution in [-0.2, 0) is 24.3 Å². The van der Waals surface area contributed by atoms with Gasteiger partial charge in [-0.05, 0) is 50.5 Å². The Hall–Kier alpha value is -2.58. The number of hydrogen-bond acceptors (Lipinski definition) is 6. The highest BCUT2D eigenvalue weighted by atomic mass is 35.5. The molecule has 32 heavy (non-hydrogen) atoms. The second-order valence-corrected chi connectivity index (χ2v) is 9.27. The van der Waals surface area contributed by atoms with Gasteiger partial charge < -0.3 is 13.9 Å². The summed E-state index contributed by atoms with van der Waals surface area (Å²) in [6.45, 7) is 5.83. The number of nitrogens with zero attached hydrogens (tertiary/aromatic N) is 4. The van der Waals surface area contributed by atoms with E-state index in [0.29, 0.717) is 29.6 Å². The van der Waals surface area contributed by atoms with Crippen molar-refractivity contribution in [1.29, 1.82) is 0 Å². The van der Waals surface area contributed by atoms with Gasteiger partial charge in [-0.25, -0.2) is 0 Å². The number of likely N-dealkylation sites (tertiary alicyclic amines) is 1. The predicted molar refractivity (Wildman–Crippen MR) is 123 cm³/mol. The Morgan fingerprint density at radius 2 is 2.00 bits per heavy atom. The summed E-state index contributed by atoms with van der Waals surface area (Å²) in [5.41, 5.74) is 3.93. The molecule has 1 fully saturated rings. The van der Waals surface area contributed by atoms with Crippen LogP contribution in [0.25, 0.3) is 0 Å². The number of thioether (sulfide) groups is 1. The van der Waals surface area contributed by atoms with Gasteiger partial charge in [-0.15, -0.1) is 10.2 Å². The van der Waals surface area contributed by atoms with Crippen LogP contribution in [-0.4, -0.2) is 43.7 Å². The van der Waals surface area contributed by atoms with Crippen LogP contribution in [0.2, 0.25) is 5.02 Å². The summed E-state index contributed by atoms with van der Waals surface area (Å²) in [6.07, 6.45) is 2.30. The van der Waals surface area contributed by atoms with Crippen molar-refractivity contribution >= 4 is 35.1 Å². The molecule has 0 spiro atoms. The Balaban J connectivity index is 1.34. The maximum atomic E-state index is 12.9. The molecule has 0 radical (unpaired) electrons. The molecule has 0 N–H and O–H groups in total. The standard InChI is InChI=1S/C23H25ClN4O3S/c1-15-12-19(16(2)28(15)11-9-17-5-7-18(24)8-6-17)20(29)14-32-23-26-25-21(31-23)13-27-10-3-4-22(27)30/h5-8,12H,3-4,9-11,13-14H2,1-2H3. The highest BCUT2D eigenvalue weighted by molar-refractivity contribution is 7.99. The average molecular weight is 473 g/mol. The number of aryl methyl sites for hydroxylation is 2. The van der Waals surface area contributed by atoms with Gasteiger partial charge >= 0.3 is 0 Å². The van der Waals surface area contributed by atoms with Gasteiger partial charge in [-0.3, -0.25) is 9.59 Å². The fourth-order valence-electron chi connectivity index (χ4n) is 3.92. The smallest absolute Gasteiger partial charge is 0.277 e. The molecule has 9 heteroatoms. The highest BCUT2D eigenvalue weighted by Crippen LogP contribution is 2.23. The van der Waals surface area contributed by atoms with E-state index in [1.54, 1.807) is 4.90 Å². The van der Waals surface area contributed by atoms with Crippen LogP contribution in [0.15, 0.2) is 40.0 Å². The lowest BCUT2D eigenvalue weighted by Crippen LogP contribution is -2.23. The molecule has 1 aromatic carbocycles. The number of hydrogen-bond donors (Lipinski definition) is 0. The van der Waals surface area contributed by atoms with Gasteiger partial charge in [0.1, 0.15) is 0 Å². The van der Waals surface area contributed by atoms with Crippen molar-refractivity contribution in [2.75, 3.05) is 12.3 Å². The van der Waals surface area contributed by atoms with Crippen LogP contribution in [0, 0.1) is 13.8 Å². The molecular formula is C23H25ClN4O3S. The summed E-state index contributed by atoms with van der Waals surface area (Å²) < 4.78 is 7.79. The Morgan fingerprint density at radius 1 is 1.22 bits per heavy atom. The monoisotopic (exact) mass is 472 g/mol. The molecule has 3 heterocycles. The first kappa shape index (κ1) is 22.6. The zero-order chi connectivity index (χ0) is 22.7. The van der Waals surface area contributed by atoms with Crippen molar-refractivity contribution < 1.29 is 14.0 Å². The molecule has 0 aliphatic carbocycles. The molecule has 1 saturated heterocycles. The minimum atomic E-state index is 0.0234. The SMILES string of the molecule is Cc1cc(C(=O)CSc2nnc(CN3CCCC3=O)o2)c(C)n1CCc1ccc(Cl)cc1. The van der Waals surface area contributed by atoms with E-state index in [1.165, 1.54) is 17.3 Å². The summed E-state index contributed by atoms with van der Waals surface area (Å²) in [5.74, 6) is 0.746. The van der Waals surface area contributed by atoms with Gasteiger partial charge in [-0.2, -0.15) is 0 Å². The molecule has 0 atom stereocenters. The highest BCUT2D eigenvalue weighted by Gasteiger charge is 2.23. The third-order valence-electron chi connectivity index (χ3n) is 5.68. The van der Waals surface area contributed by atoms with Gasteiger partial charge in [0.25, 0.3) is 5.22 Å². The maximum absolute atomic E-state index is 12.9. The summed E-state index contributed by atoms with van der Waals surface area (Å²) in [7, 11) is 0. The van der Waals surface area contributed by atoms with E-state index in [1.807, 2.05) is 44.2 Å². The van der Waals surface area contributed by atoms with Crippen LogP contribution >= 0.6 is 23.4 Å². The molecule has 7 nitrogen and oxygen atoms in total. The zero-order valence-corrected chi connectivity index (χ0v) is 19.7. The van der Waals surface area contributed by atoms with E-state index in [0.717, 1.165) is 42.3 Å². The Labute approximate surface area is 196 Å². The number of benzene rings is 1. The molecular weight excluding hydrogens is 448 g/mol. The Morgan fingerprint density at radius 3 is 2.72 bits per heavy atom. The van der Waals surface area contributed by atoms with Gasteiger partial charge in [0.05, 0.1) is 12.3 Å². The lowest BCUT2D eigenvalue weighted by molar-refractivity contribution is -0.128. The molecule has 0 bridgehead atoms. The van der Waals surface area contributed by atoms with Crippen LogP contribution in [0.3, 0.4) is 0 Å². The fraction of sp³-hybridized carbons (Fsp3) is 0.391. The minimum absolute atomic E-state index is 0.0234. The van der Waals surface area contributed by atoms with Crippen molar-refractivity contribution in [3.05, 3.63) is 63.8 Å². The molecule has 1 aliphatic rings. The number of Topliss-reactive ketones (excluding diaryl/α,β-unsaturated/α-hetero) is 1. The van der Waals surface area contributed by atoms with Crippen LogP contribution in [0.1, 0.15) is 46.0 Å². The summed E-state index contributed by atoms with van der Waals surface area (Å²) >= 11 is 7.18. The number of ketones is 1. The normalized spacial score (nSPS) is 13.8. The fourth-order valence-corrected chi connectivity index (χ4v) is 4.71. The molecule has 2 aromatic heterocycles. The van der Waals surface area contributed by atoms with Crippen LogP contribution in [0.5, 0.6) is 0 Å². The molecule has 0 saturated carbocycles. The van der Waals surface area contributed by atoms with Crippen molar-refractivity contribution in [3.63, 3.8) is 0 Å². The van der Waals surface area contributed by atoms with Crippen molar-refractivity contribution in [2.45, 2.75) is 51.4 Å². The third-order valence-corrected chi connectivity index (χ3v) is 6.75. The predicted octanol–water partition coefficient (Wildman–Crippen LogP) is 4.48. The zero-order valence-electron chi connectivity index (χ0n) is 18.1. The topological polar surface area (TPSA) is 81.2 Å². The molecule has 1 aliphatic heterocycles. The molecule has 0 unspecified atom stereocenters. The molecule has 4 rings (SSSR count). The van der Waals surface area contributed by atoms with E-state index in [4.69, 9.17) is 16.0 Å². The van der Waals surface area contributed by atoms with E-state index in [2.05, 4.69) is 14.8 Å². The summed E-state index contributed by atoms with van der Waals surface area (Å²) in [4.78, 5) is 26.3. The Kier molecular flexibility index (Phi) is 7.01. The summed E-state index contributed by atoms with van der Waals surface area (Å²) in [5, 5.41) is 9.08. The van der Waals surface area contributed by atoms with E-state index in [9.17, 15) is 9.59 Å². The van der Waals surface area contributed by atoms with Crippen LogP contribution < -0.4 is 0 Å². The average Bonchev–Trinajstić information content (AvgIpc) is 3.47. The molecule has 3 aromatic rings. The lowest BCUT2D eigenvalue weighted by atomic mass is 10.1. The maximum Gasteiger partial charge on any atom is 0.277 e. The van der Waals surface area contributed by atoms with Crippen molar-refractivity contribution in [2.24, 2.45) is 0 Å². The largest absolute Gasteiger partial charge is 0.414 e. The molecule has 1 amide bonds. The van der Waals surface area contributed by atoms with Gasteiger partial charge in [0, 0.05) is 41.5 Å². The Bertz CT molecular complexity index is 1120.